The number of nitrogens with zero attached hydrogens (tertiary/aromatic N) is 2. The third-order valence-corrected chi connectivity index (χ3v) is 16.4. The molecule has 0 fully saturated rings. The summed E-state index contributed by atoms with van der Waals surface area (Å²) in [7, 11) is -10.4. The monoisotopic (exact) mass is 1170 g/mol. The van der Waals surface area contributed by atoms with Crippen LogP contribution in [0.15, 0.2) is 92.4 Å². The number of rotatable bonds is 16. The van der Waals surface area contributed by atoms with E-state index in [4.69, 9.17) is 47.9 Å². The molecule has 2 aliphatic heterocycles. The van der Waals surface area contributed by atoms with Crippen LogP contribution in [0.5, 0.6) is 46.0 Å². The van der Waals surface area contributed by atoms with E-state index in [1.54, 1.807) is 0 Å². The van der Waals surface area contributed by atoms with Crippen LogP contribution in [0.1, 0.15) is 22.8 Å². The van der Waals surface area contributed by atoms with E-state index in [-0.39, 0.29) is 112 Å². The number of ether oxygens (including phenoxy) is 8. The molecular formula is C52H46N4O20S4. The van der Waals surface area contributed by atoms with Crippen LogP contribution >= 0.6 is 0 Å². The summed E-state index contributed by atoms with van der Waals surface area (Å²) >= 11 is 0. The number of nitrogens with one attached hydrogen (secondary N) is 2. The summed E-state index contributed by atoms with van der Waals surface area (Å²) in [5.41, 5.74) is 0.205. The van der Waals surface area contributed by atoms with Crippen molar-refractivity contribution in [2.45, 2.75) is 19.6 Å². The van der Waals surface area contributed by atoms with Crippen LogP contribution in [0.2, 0.25) is 0 Å². The second-order valence-corrected chi connectivity index (χ2v) is 22.7. The number of H-pyrrole nitrogens is 2. The summed E-state index contributed by atoms with van der Waals surface area (Å²) in [6.45, 7) is 0. The van der Waals surface area contributed by atoms with Gasteiger partial charge in [0.05, 0.1) is 102 Å². The van der Waals surface area contributed by atoms with Gasteiger partial charge in [-0.3, -0.25) is 18.2 Å². The van der Waals surface area contributed by atoms with Crippen LogP contribution in [0.3, 0.4) is 0 Å². The maximum Gasteiger partial charge on any atom is 0.298 e. The van der Waals surface area contributed by atoms with E-state index >= 15 is 0 Å². The second-order valence-electron chi connectivity index (χ2n) is 17.1. The van der Waals surface area contributed by atoms with Gasteiger partial charge in [0.2, 0.25) is 0 Å². The Balaban J connectivity index is 1.65. The molecule has 0 atom stereocenters. The zero-order valence-corrected chi connectivity index (χ0v) is 46.4. The smallest absolute Gasteiger partial charge is 0.298 e. The highest BCUT2D eigenvalue weighted by atomic mass is 32.2. The van der Waals surface area contributed by atoms with Crippen LogP contribution in [-0.4, -0.2) is 129 Å². The fourth-order valence-corrected chi connectivity index (χ4v) is 12.3. The van der Waals surface area contributed by atoms with Crippen molar-refractivity contribution >= 4 is 86.8 Å². The summed E-state index contributed by atoms with van der Waals surface area (Å²) in [6.07, 6.45) is 6.01. The molecule has 4 aromatic carbocycles. The second kappa shape index (κ2) is 21.0. The van der Waals surface area contributed by atoms with Gasteiger partial charge in [-0.2, -0.15) is 33.7 Å². The average molecular weight is 1180 g/mol. The number of fused-ring (bicyclic) bond motifs is 8. The average Bonchev–Trinajstić information content (AvgIpc) is 4.27. The predicted molar refractivity (Wildman–Crippen MR) is 292 cm³/mol. The van der Waals surface area contributed by atoms with Gasteiger partial charge in [0.15, 0.2) is 23.0 Å². The molecule has 28 heteroatoms. The summed E-state index contributed by atoms with van der Waals surface area (Å²) < 4.78 is 194. The Labute approximate surface area is 456 Å². The maximum atomic E-state index is 13.1. The molecular weight excluding hydrogens is 1130 g/mol. The number of aromatic nitrogens is 4. The topological polar surface area (TPSA) is 349 Å². The van der Waals surface area contributed by atoms with E-state index in [0.29, 0.717) is 0 Å². The van der Waals surface area contributed by atoms with E-state index in [2.05, 4.69) is 9.97 Å². The first-order chi connectivity index (χ1) is 37.9. The maximum absolute atomic E-state index is 13.1. The van der Waals surface area contributed by atoms with Gasteiger partial charge in [0.1, 0.15) is 42.6 Å². The molecule has 0 unspecified atom stereocenters. The number of hydrogen-bond acceptors (Lipinski definition) is 18. The van der Waals surface area contributed by atoms with Crippen molar-refractivity contribution in [1.82, 2.24) is 19.9 Å². The highest BCUT2D eigenvalue weighted by molar-refractivity contribution is 7.86. The molecule has 0 spiro atoms. The highest BCUT2D eigenvalue weighted by Gasteiger charge is 2.33. The minimum absolute atomic E-state index is 0.00973. The fraction of sp³-hybridized carbons (Fsp3) is 0.154. The predicted octanol–water partition coefficient (Wildman–Crippen LogP) is 8.38. The standard InChI is InChI=1S/C52H46N4O20S4/c1-69-33-17-21-37(77(57,58)59)49(73-5)45(33)41-25-9-11-27(53-25)42(46-34(70-2)18-22-38(50(46)74-6)78(60,61)62)29-13-15-31(55-29)44(48-36(72-4)20-24-40(52(48)76-8)80(66,67)68)32-16-14-30(56-32)43(28-12-10-26(41)54-28)47-35(71-3)19-23-39(51(47)75-7)79(63,64)65/h9-24,53,56H,1-8H3,(H,57,58,59)(H,60,61,62)(H,63,64,65)(H,66,67,68). The zero-order valence-electron chi connectivity index (χ0n) is 43.1. The first kappa shape index (κ1) is 56.2. The fourth-order valence-electron chi connectivity index (χ4n) is 9.69. The van der Waals surface area contributed by atoms with Crippen molar-refractivity contribution in [3.8, 4) is 90.5 Å². The summed E-state index contributed by atoms with van der Waals surface area (Å²) in [4.78, 5) is 14.1. The van der Waals surface area contributed by atoms with Crippen molar-refractivity contribution < 1.29 is 89.8 Å². The Morgan fingerprint density at radius 3 is 0.662 bits per heavy atom. The third kappa shape index (κ3) is 9.69. The summed E-state index contributed by atoms with van der Waals surface area (Å²) in [5.74, 6) is -1.70. The molecule has 0 saturated heterocycles. The van der Waals surface area contributed by atoms with E-state index in [0.717, 1.165) is 52.7 Å². The molecule has 0 amide bonds. The Bertz CT molecular complexity index is 3920. The molecule has 7 aromatic rings. The molecule has 8 bridgehead atoms. The highest BCUT2D eigenvalue weighted by Crippen LogP contribution is 2.52. The van der Waals surface area contributed by atoms with E-state index in [9.17, 15) is 51.9 Å². The van der Waals surface area contributed by atoms with Crippen LogP contribution in [0.25, 0.3) is 90.9 Å². The Morgan fingerprint density at radius 1 is 0.300 bits per heavy atom. The van der Waals surface area contributed by atoms with Crippen molar-refractivity contribution in [2.24, 2.45) is 0 Å². The lowest BCUT2D eigenvalue weighted by Gasteiger charge is -2.18. The minimum atomic E-state index is -5.04. The van der Waals surface area contributed by atoms with Crippen LogP contribution < -0.4 is 37.9 Å². The van der Waals surface area contributed by atoms with Gasteiger partial charge in [-0.15, -0.1) is 0 Å². The largest absolute Gasteiger partial charge is 0.496 e. The van der Waals surface area contributed by atoms with Gasteiger partial charge in [-0.1, -0.05) is 0 Å². The molecule has 2 aliphatic rings. The molecule has 0 saturated carbocycles. The van der Waals surface area contributed by atoms with Crippen molar-refractivity contribution in [1.29, 1.82) is 0 Å². The van der Waals surface area contributed by atoms with Crippen LogP contribution in [-0.2, 0) is 40.5 Å². The first-order valence-corrected chi connectivity index (χ1v) is 28.7. The van der Waals surface area contributed by atoms with Gasteiger partial charge in [0.25, 0.3) is 40.5 Å². The van der Waals surface area contributed by atoms with Gasteiger partial charge in [-0.05, 0) is 97.1 Å². The van der Waals surface area contributed by atoms with Gasteiger partial charge < -0.3 is 47.9 Å². The van der Waals surface area contributed by atoms with E-state index < -0.39 is 83.1 Å². The lowest BCUT2D eigenvalue weighted by atomic mass is 10.0. The van der Waals surface area contributed by atoms with Gasteiger partial charge in [0, 0.05) is 44.3 Å². The molecule has 0 aliphatic carbocycles. The van der Waals surface area contributed by atoms with Gasteiger partial charge in [-0.25, -0.2) is 9.97 Å². The Kier molecular flexibility index (Phi) is 14.7. The lowest BCUT2D eigenvalue weighted by Crippen LogP contribution is -2.05. The van der Waals surface area contributed by atoms with Crippen molar-refractivity contribution in [2.75, 3.05) is 56.9 Å². The molecule has 9 rings (SSSR count). The van der Waals surface area contributed by atoms with E-state index in [1.165, 1.54) is 101 Å². The molecule has 5 heterocycles. The zero-order chi connectivity index (χ0) is 58.0. The summed E-state index contributed by atoms with van der Waals surface area (Å²) in [6, 6.07) is 15.4. The summed E-state index contributed by atoms with van der Waals surface area (Å²) in [5, 5.41) is 0. The Hall–Kier alpha value is -8.48. The SMILES string of the molecule is COc1ccc(S(=O)(=O)O)c(OC)c1-c1c2nc(c(-c3c(OC)ccc(S(=O)(=O)O)c3OC)c3ccc([nH]3)c(-c3c(OC)ccc(S(=O)(=O)O)c3OC)c3nc(c(-c4c(OC)ccc(S(=O)(=O)O)c4OC)c4ccc1[nH]4)C=C3)C=C2. The van der Waals surface area contributed by atoms with Crippen LogP contribution in [0, 0.1) is 0 Å². The molecule has 80 heavy (non-hydrogen) atoms. The van der Waals surface area contributed by atoms with Crippen LogP contribution in [0.4, 0.5) is 0 Å². The normalized spacial score (nSPS) is 12.6. The van der Waals surface area contributed by atoms with Crippen molar-refractivity contribution in [3.63, 3.8) is 0 Å². The molecule has 6 N–H and O–H groups in total. The first-order valence-electron chi connectivity index (χ1n) is 23.0. The molecule has 0 radical (unpaired) electrons. The third-order valence-electron chi connectivity index (χ3n) is 12.9. The minimum Gasteiger partial charge on any atom is -0.496 e. The van der Waals surface area contributed by atoms with E-state index in [1.807, 2.05) is 0 Å². The van der Waals surface area contributed by atoms with Crippen molar-refractivity contribution in [3.05, 3.63) is 95.6 Å². The Morgan fingerprint density at radius 2 is 0.500 bits per heavy atom. The molecule has 24 nitrogen and oxygen atoms in total. The number of benzene rings is 4. The number of methoxy groups -OCH3 is 8. The molecule has 3 aromatic heterocycles. The lowest BCUT2D eigenvalue weighted by molar-refractivity contribution is 0.385. The van der Waals surface area contributed by atoms with Gasteiger partial charge >= 0.3 is 0 Å². The quantitative estimate of drug-likeness (QED) is 0.0494. The number of hydrogen-bond donors (Lipinski definition) is 6. The molecule has 418 valence electrons. The number of aromatic amines is 2.